The Morgan fingerprint density at radius 1 is 1.18 bits per heavy atom. The van der Waals surface area contributed by atoms with Gasteiger partial charge in [0, 0.05) is 24.2 Å². The van der Waals surface area contributed by atoms with Gasteiger partial charge in [0.05, 0.1) is 5.75 Å². The van der Waals surface area contributed by atoms with E-state index in [4.69, 9.17) is 0 Å². The highest BCUT2D eigenvalue weighted by atomic mass is 32.2. The minimum Gasteiger partial charge on any atom is -0.355 e. The van der Waals surface area contributed by atoms with Crippen LogP contribution in [0.25, 0.3) is 0 Å². The van der Waals surface area contributed by atoms with E-state index < -0.39 is 0 Å². The summed E-state index contributed by atoms with van der Waals surface area (Å²) in [4.78, 5) is 13.0. The molecule has 1 aromatic carbocycles. The van der Waals surface area contributed by atoms with Gasteiger partial charge in [-0.2, -0.15) is 0 Å². The lowest BCUT2D eigenvalue weighted by Gasteiger charge is -2.05. The van der Waals surface area contributed by atoms with Crippen LogP contribution in [0, 0.1) is 13.8 Å². The van der Waals surface area contributed by atoms with Crippen molar-refractivity contribution in [3.05, 3.63) is 35.7 Å². The van der Waals surface area contributed by atoms with Gasteiger partial charge in [0.15, 0.2) is 5.16 Å². The lowest BCUT2D eigenvalue weighted by molar-refractivity contribution is -0.118. The Morgan fingerprint density at radius 2 is 1.91 bits per heavy atom. The van der Waals surface area contributed by atoms with E-state index in [2.05, 4.69) is 46.7 Å². The van der Waals surface area contributed by atoms with Gasteiger partial charge in [-0.3, -0.25) is 4.79 Å². The Labute approximate surface area is 139 Å². The number of rotatable bonds is 7. The quantitative estimate of drug-likeness (QED) is 0.621. The number of benzene rings is 1. The molecule has 0 spiro atoms. The summed E-state index contributed by atoms with van der Waals surface area (Å²) in [7, 11) is 1.90. The molecule has 1 amide bonds. The smallest absolute Gasteiger partial charge is 0.230 e. The second kappa shape index (κ2) is 8.24. The summed E-state index contributed by atoms with van der Waals surface area (Å²) >= 11 is 3.15. The van der Waals surface area contributed by atoms with Crippen LogP contribution in [0.5, 0.6) is 0 Å². The summed E-state index contributed by atoms with van der Waals surface area (Å²) in [5.74, 6) is 2.09. The van der Waals surface area contributed by atoms with Crippen LogP contribution in [-0.2, 0) is 11.8 Å². The lowest BCUT2D eigenvalue weighted by Crippen LogP contribution is -2.27. The molecule has 1 N–H and O–H groups in total. The fourth-order valence-electron chi connectivity index (χ4n) is 1.69. The first-order valence-corrected chi connectivity index (χ1v) is 8.98. The van der Waals surface area contributed by atoms with Crippen LogP contribution in [0.15, 0.2) is 34.3 Å². The van der Waals surface area contributed by atoms with Crippen molar-refractivity contribution in [3.8, 4) is 0 Å². The molecule has 0 bridgehead atoms. The molecule has 2 aromatic rings. The Balaban J connectivity index is 1.63. The first-order valence-electron chi connectivity index (χ1n) is 7.01. The molecule has 2 rings (SSSR count). The van der Waals surface area contributed by atoms with Gasteiger partial charge in [-0.1, -0.05) is 29.5 Å². The fourth-order valence-corrected chi connectivity index (χ4v) is 3.24. The van der Waals surface area contributed by atoms with Crippen LogP contribution in [0.4, 0.5) is 0 Å². The van der Waals surface area contributed by atoms with Crippen molar-refractivity contribution < 1.29 is 4.79 Å². The first-order chi connectivity index (χ1) is 10.6. The minimum atomic E-state index is 0.0233. The summed E-state index contributed by atoms with van der Waals surface area (Å²) in [5, 5.41) is 11.7. The number of aryl methyl sites for hydroxylation is 2. The van der Waals surface area contributed by atoms with Crippen molar-refractivity contribution in [2.45, 2.75) is 23.9 Å². The van der Waals surface area contributed by atoms with Crippen molar-refractivity contribution in [1.29, 1.82) is 0 Å². The third kappa shape index (κ3) is 5.06. The average molecular weight is 336 g/mol. The predicted molar refractivity (Wildman–Crippen MR) is 91.4 cm³/mol. The van der Waals surface area contributed by atoms with E-state index in [1.54, 1.807) is 11.8 Å². The molecular weight excluding hydrogens is 316 g/mol. The van der Waals surface area contributed by atoms with Crippen LogP contribution in [0.2, 0.25) is 0 Å². The molecule has 0 saturated heterocycles. The van der Waals surface area contributed by atoms with Gasteiger partial charge in [0.25, 0.3) is 0 Å². The SMILES string of the molecule is Cc1ccc(SCCNC(=O)CSc2nnc(C)n2C)cc1. The van der Waals surface area contributed by atoms with Crippen LogP contribution in [0.3, 0.4) is 0 Å². The summed E-state index contributed by atoms with van der Waals surface area (Å²) in [5.41, 5.74) is 1.26. The molecule has 0 aliphatic rings. The third-order valence-electron chi connectivity index (χ3n) is 3.10. The van der Waals surface area contributed by atoms with E-state index >= 15 is 0 Å². The van der Waals surface area contributed by atoms with Crippen molar-refractivity contribution in [2.24, 2.45) is 7.05 Å². The van der Waals surface area contributed by atoms with Gasteiger partial charge in [0.2, 0.25) is 5.91 Å². The molecule has 0 unspecified atom stereocenters. The van der Waals surface area contributed by atoms with Gasteiger partial charge >= 0.3 is 0 Å². The van der Waals surface area contributed by atoms with Crippen LogP contribution in [0.1, 0.15) is 11.4 Å². The van der Waals surface area contributed by atoms with Crippen molar-refractivity contribution in [3.63, 3.8) is 0 Å². The second-order valence-corrected chi connectivity index (χ2v) is 7.00. The monoisotopic (exact) mass is 336 g/mol. The van der Waals surface area contributed by atoms with E-state index in [-0.39, 0.29) is 5.91 Å². The standard InChI is InChI=1S/C15H20N4OS2/c1-11-4-6-13(7-5-11)21-9-8-16-14(20)10-22-15-18-17-12(2)19(15)3/h4-7H,8-10H2,1-3H3,(H,16,20). The molecule has 1 heterocycles. The topological polar surface area (TPSA) is 59.8 Å². The van der Waals surface area contributed by atoms with E-state index in [1.807, 2.05) is 18.5 Å². The zero-order valence-electron chi connectivity index (χ0n) is 13.0. The molecule has 1 aromatic heterocycles. The number of carbonyl (C=O) groups is 1. The fraction of sp³-hybridized carbons (Fsp3) is 0.400. The largest absolute Gasteiger partial charge is 0.355 e. The number of carbonyl (C=O) groups excluding carboxylic acids is 1. The van der Waals surface area contributed by atoms with Gasteiger partial charge in [-0.15, -0.1) is 22.0 Å². The molecule has 0 aliphatic heterocycles. The summed E-state index contributed by atoms with van der Waals surface area (Å²) < 4.78 is 1.88. The van der Waals surface area contributed by atoms with Crippen molar-refractivity contribution in [2.75, 3.05) is 18.1 Å². The molecule has 5 nitrogen and oxygen atoms in total. The predicted octanol–water partition coefficient (Wildman–Crippen LogP) is 2.43. The number of nitrogens with one attached hydrogen (secondary N) is 1. The maximum atomic E-state index is 11.8. The molecule has 7 heteroatoms. The highest BCUT2D eigenvalue weighted by molar-refractivity contribution is 7.99. The average Bonchev–Trinajstić information content (AvgIpc) is 2.83. The summed E-state index contributed by atoms with van der Waals surface area (Å²) in [6.45, 7) is 4.63. The Hall–Kier alpha value is -1.47. The van der Waals surface area contributed by atoms with Crippen LogP contribution >= 0.6 is 23.5 Å². The molecule has 0 atom stereocenters. The van der Waals surface area contributed by atoms with Crippen LogP contribution in [-0.4, -0.2) is 38.7 Å². The zero-order valence-corrected chi connectivity index (χ0v) is 14.6. The number of nitrogens with zero attached hydrogens (tertiary/aromatic N) is 3. The number of amides is 1. The van der Waals surface area contributed by atoms with Gasteiger partial charge in [-0.05, 0) is 26.0 Å². The maximum Gasteiger partial charge on any atom is 0.230 e. The zero-order chi connectivity index (χ0) is 15.9. The molecule has 0 fully saturated rings. The van der Waals surface area contributed by atoms with Gasteiger partial charge in [0.1, 0.15) is 5.82 Å². The number of thioether (sulfide) groups is 2. The summed E-state index contributed by atoms with van der Waals surface area (Å²) in [6, 6.07) is 8.41. The van der Waals surface area contributed by atoms with Crippen LogP contribution < -0.4 is 5.32 Å². The summed E-state index contributed by atoms with van der Waals surface area (Å²) in [6.07, 6.45) is 0. The maximum absolute atomic E-state index is 11.8. The van der Waals surface area contributed by atoms with E-state index in [9.17, 15) is 4.79 Å². The van der Waals surface area contributed by atoms with E-state index in [1.165, 1.54) is 22.2 Å². The lowest BCUT2D eigenvalue weighted by atomic mass is 10.2. The van der Waals surface area contributed by atoms with Crippen molar-refractivity contribution >= 4 is 29.4 Å². The van der Waals surface area contributed by atoms with E-state index in [0.29, 0.717) is 12.3 Å². The minimum absolute atomic E-state index is 0.0233. The molecule has 0 radical (unpaired) electrons. The highest BCUT2D eigenvalue weighted by Gasteiger charge is 2.08. The highest BCUT2D eigenvalue weighted by Crippen LogP contribution is 2.17. The second-order valence-electron chi connectivity index (χ2n) is 4.89. The number of hydrogen-bond acceptors (Lipinski definition) is 5. The van der Waals surface area contributed by atoms with Crippen molar-refractivity contribution in [1.82, 2.24) is 20.1 Å². The Kier molecular flexibility index (Phi) is 6.33. The molecule has 22 heavy (non-hydrogen) atoms. The Bertz CT molecular complexity index is 625. The normalized spacial score (nSPS) is 10.7. The van der Waals surface area contributed by atoms with Gasteiger partial charge < -0.3 is 9.88 Å². The molecule has 0 saturated carbocycles. The molecular formula is C15H20N4OS2. The van der Waals surface area contributed by atoms with E-state index in [0.717, 1.165) is 16.7 Å². The molecule has 0 aliphatic carbocycles. The number of hydrogen-bond donors (Lipinski definition) is 1. The van der Waals surface area contributed by atoms with Gasteiger partial charge in [-0.25, -0.2) is 0 Å². The molecule has 118 valence electrons. The third-order valence-corrected chi connectivity index (χ3v) is 5.13. The first kappa shape index (κ1) is 16.9. The number of aromatic nitrogens is 3. The Morgan fingerprint density at radius 3 is 2.55 bits per heavy atom.